The second kappa shape index (κ2) is 50.5. The number of aliphatic hydroxyl groups is 1. The van der Waals surface area contributed by atoms with Crippen LogP contribution >= 0.6 is 7.82 Å². The van der Waals surface area contributed by atoms with Crippen molar-refractivity contribution in [2.75, 3.05) is 40.9 Å². The number of likely N-dealkylation sites (N-methyl/N-ethyl adjacent to an activating group) is 1. The number of quaternary nitrogens is 1. The molecular formula is C62H98N2O6P+. The SMILES string of the molecule is CC/C=C\C/C=C\C/C=C\C/C=C\C/C=C\C/C=C\C/C=C\C/C=C\C/C=C\C/C=C\C/C=C\C/C=C\CCCCC(=O)NC(COP(=O)(O)OCC[N+](C)(C)C)C(O)/C=C/CC/C=C/CC/C=C/CC. The molecule has 0 rings (SSSR count). The third-order valence-electron chi connectivity index (χ3n) is 10.3. The Morgan fingerprint density at radius 1 is 0.479 bits per heavy atom. The molecule has 0 aromatic heterocycles. The number of phosphoric ester groups is 1. The number of unbranched alkanes of at least 4 members (excludes halogenated alkanes) is 4. The van der Waals surface area contributed by atoms with Crippen LogP contribution in [0.1, 0.15) is 149 Å². The van der Waals surface area contributed by atoms with Gasteiger partial charge in [-0.05, 0) is 128 Å². The Morgan fingerprint density at radius 2 is 0.803 bits per heavy atom. The van der Waals surface area contributed by atoms with E-state index in [1.54, 1.807) is 6.08 Å². The van der Waals surface area contributed by atoms with Crippen molar-refractivity contribution in [3.05, 3.63) is 182 Å². The lowest BCUT2D eigenvalue weighted by Crippen LogP contribution is -2.45. The highest BCUT2D eigenvalue weighted by molar-refractivity contribution is 7.47. The Kier molecular flexibility index (Phi) is 47.4. The molecule has 396 valence electrons. The number of phosphoric acid groups is 1. The zero-order chi connectivity index (χ0) is 52.0. The van der Waals surface area contributed by atoms with Crippen molar-refractivity contribution < 1.29 is 32.9 Å². The Hall–Kier alpha value is -4.40. The number of aliphatic hydroxyl groups excluding tert-OH is 1. The molecule has 1 amide bonds. The zero-order valence-electron chi connectivity index (χ0n) is 44.9. The largest absolute Gasteiger partial charge is 0.472 e. The number of amides is 1. The summed E-state index contributed by atoms with van der Waals surface area (Å²) in [5.74, 6) is -0.246. The van der Waals surface area contributed by atoms with E-state index in [-0.39, 0.29) is 25.5 Å². The fourth-order valence-electron chi connectivity index (χ4n) is 6.23. The summed E-state index contributed by atoms with van der Waals surface area (Å²) in [7, 11) is 1.48. The molecule has 0 aromatic carbocycles. The third-order valence-corrected chi connectivity index (χ3v) is 11.3. The van der Waals surface area contributed by atoms with Crippen molar-refractivity contribution in [2.45, 2.75) is 161 Å². The maximum absolute atomic E-state index is 12.9. The normalized spacial score (nSPS) is 15.4. The van der Waals surface area contributed by atoms with Gasteiger partial charge in [0.2, 0.25) is 5.91 Å². The molecule has 0 spiro atoms. The standard InChI is InChI=1S/C62H97N2O6P/c1-6-8-10-12-14-16-18-19-20-21-22-23-24-25-26-27-28-29-30-31-32-33-34-35-36-37-38-39-40-41-42-43-44-45-46-48-50-52-54-56-62(66)63-60(59-70-71(67,68)69-58-57-64(3,4)5)61(65)55-53-51-49-47-17-15-13-11-9-7-2/h8-11,14,16-17,19-20,22-23,25-26,28-29,31-32,34-35,37-38,40-41,43-44,46-48,53,55,60-61,65H,6-7,12-13,15,18,21,24,27,30,33,36,39,42,45,49-52,54,56-59H2,1-5H3,(H-,63,66,67,68)/p+1/b10-8-,11-9+,16-14-,20-19-,23-22-,26-25-,29-28-,32-31-,35-34-,38-37-,41-40-,44-43-,47-17+,48-46-,55-53+. The van der Waals surface area contributed by atoms with Gasteiger partial charge in [-0.1, -0.05) is 196 Å². The predicted molar refractivity (Wildman–Crippen MR) is 308 cm³/mol. The number of nitrogens with one attached hydrogen (secondary N) is 1. The van der Waals surface area contributed by atoms with Crippen LogP contribution in [0.5, 0.6) is 0 Å². The number of rotatable bonds is 45. The summed E-state index contributed by atoms with van der Waals surface area (Å²) in [4.78, 5) is 23.1. The van der Waals surface area contributed by atoms with Gasteiger partial charge in [-0.25, -0.2) is 4.57 Å². The van der Waals surface area contributed by atoms with Crippen molar-refractivity contribution >= 4 is 13.7 Å². The van der Waals surface area contributed by atoms with Gasteiger partial charge in [0.25, 0.3) is 0 Å². The van der Waals surface area contributed by atoms with E-state index in [0.717, 1.165) is 122 Å². The highest BCUT2D eigenvalue weighted by Crippen LogP contribution is 2.43. The molecule has 3 N–H and O–H groups in total. The summed E-state index contributed by atoms with van der Waals surface area (Å²) in [6, 6.07) is -0.905. The Bertz CT molecular complexity index is 1800. The smallest absolute Gasteiger partial charge is 0.387 e. The molecule has 71 heavy (non-hydrogen) atoms. The zero-order valence-corrected chi connectivity index (χ0v) is 45.8. The van der Waals surface area contributed by atoms with Gasteiger partial charge in [0, 0.05) is 6.42 Å². The first-order valence-corrected chi connectivity index (χ1v) is 28.2. The van der Waals surface area contributed by atoms with E-state index < -0.39 is 20.0 Å². The fourth-order valence-corrected chi connectivity index (χ4v) is 6.97. The van der Waals surface area contributed by atoms with Gasteiger partial charge in [-0.2, -0.15) is 0 Å². The minimum atomic E-state index is -4.37. The van der Waals surface area contributed by atoms with Crippen LogP contribution < -0.4 is 5.32 Å². The van der Waals surface area contributed by atoms with Crippen LogP contribution in [-0.4, -0.2) is 73.4 Å². The second-order valence-electron chi connectivity index (χ2n) is 18.1. The van der Waals surface area contributed by atoms with E-state index in [4.69, 9.17) is 9.05 Å². The molecule has 9 heteroatoms. The van der Waals surface area contributed by atoms with Gasteiger partial charge in [0.15, 0.2) is 0 Å². The first-order chi connectivity index (χ1) is 34.5. The van der Waals surface area contributed by atoms with Gasteiger partial charge >= 0.3 is 7.82 Å². The lowest BCUT2D eigenvalue weighted by molar-refractivity contribution is -0.870. The van der Waals surface area contributed by atoms with Gasteiger partial charge < -0.3 is 19.8 Å². The topological polar surface area (TPSA) is 105 Å². The van der Waals surface area contributed by atoms with Crippen LogP contribution in [0.2, 0.25) is 0 Å². The fraction of sp³-hybridized carbons (Fsp3) is 0.500. The first kappa shape index (κ1) is 66.6. The molecule has 0 fully saturated rings. The maximum atomic E-state index is 12.9. The van der Waals surface area contributed by atoms with E-state index in [0.29, 0.717) is 17.4 Å². The number of carbonyl (C=O) groups is 1. The quantitative estimate of drug-likeness (QED) is 0.0243. The van der Waals surface area contributed by atoms with Crippen molar-refractivity contribution in [1.29, 1.82) is 0 Å². The number of hydrogen-bond donors (Lipinski definition) is 3. The summed E-state index contributed by atoms with van der Waals surface area (Å²) < 4.78 is 23.5. The molecule has 8 nitrogen and oxygen atoms in total. The molecule has 0 aromatic rings. The Labute approximate surface area is 434 Å². The highest BCUT2D eigenvalue weighted by atomic mass is 31.2. The van der Waals surface area contributed by atoms with Gasteiger partial charge in [0.1, 0.15) is 13.2 Å². The Morgan fingerprint density at radius 3 is 1.18 bits per heavy atom. The average Bonchev–Trinajstić information content (AvgIpc) is 3.33. The molecule has 0 bridgehead atoms. The number of hydrogen-bond acceptors (Lipinski definition) is 5. The first-order valence-electron chi connectivity index (χ1n) is 26.7. The van der Waals surface area contributed by atoms with Crippen LogP contribution in [0.25, 0.3) is 0 Å². The Balaban J connectivity index is 4.25. The van der Waals surface area contributed by atoms with Crippen molar-refractivity contribution in [3.63, 3.8) is 0 Å². The molecule has 3 unspecified atom stereocenters. The summed E-state index contributed by atoms with van der Waals surface area (Å²) in [6.07, 6.45) is 83.0. The highest BCUT2D eigenvalue weighted by Gasteiger charge is 2.27. The van der Waals surface area contributed by atoms with Gasteiger partial charge in [-0.15, -0.1) is 0 Å². The molecule has 3 atom stereocenters. The van der Waals surface area contributed by atoms with Crippen LogP contribution in [0.4, 0.5) is 0 Å². The molecule has 0 aliphatic carbocycles. The van der Waals surface area contributed by atoms with Crippen molar-refractivity contribution in [3.8, 4) is 0 Å². The van der Waals surface area contributed by atoms with Crippen molar-refractivity contribution in [1.82, 2.24) is 5.32 Å². The third kappa shape index (κ3) is 53.2. The number of nitrogens with zero attached hydrogens (tertiary/aromatic N) is 1. The monoisotopic (exact) mass is 998 g/mol. The lowest BCUT2D eigenvalue weighted by atomic mass is 10.1. The van der Waals surface area contributed by atoms with Crippen molar-refractivity contribution in [2.24, 2.45) is 0 Å². The summed E-state index contributed by atoms with van der Waals surface area (Å²) in [5, 5.41) is 13.7. The molecule has 0 heterocycles. The van der Waals surface area contributed by atoms with Crippen LogP contribution in [0.3, 0.4) is 0 Å². The molecule has 0 aliphatic rings. The molecule has 0 radical (unpaired) electrons. The minimum absolute atomic E-state index is 0.0338. The van der Waals surface area contributed by atoms with Crippen LogP contribution in [-0.2, 0) is 18.4 Å². The predicted octanol–water partition coefficient (Wildman–Crippen LogP) is 16.2. The lowest BCUT2D eigenvalue weighted by Gasteiger charge is -2.25. The van der Waals surface area contributed by atoms with Gasteiger partial charge in [0.05, 0.1) is 39.9 Å². The van der Waals surface area contributed by atoms with E-state index in [1.165, 1.54) is 0 Å². The number of allylic oxidation sites excluding steroid dienone is 29. The molecule has 0 saturated heterocycles. The van der Waals surface area contributed by atoms with Crippen LogP contribution in [0.15, 0.2) is 182 Å². The van der Waals surface area contributed by atoms with E-state index >= 15 is 0 Å². The maximum Gasteiger partial charge on any atom is 0.472 e. The summed E-state index contributed by atoms with van der Waals surface area (Å²) in [6.45, 7) is 4.46. The number of carbonyl (C=O) groups excluding carboxylic acids is 1. The van der Waals surface area contributed by atoms with Crippen LogP contribution in [0, 0.1) is 0 Å². The van der Waals surface area contributed by atoms with E-state index in [2.05, 4.69) is 189 Å². The second-order valence-corrected chi connectivity index (χ2v) is 19.6. The van der Waals surface area contributed by atoms with E-state index in [9.17, 15) is 19.4 Å². The molecule has 0 saturated carbocycles. The summed E-state index contributed by atoms with van der Waals surface area (Å²) >= 11 is 0. The average molecular weight is 998 g/mol. The molecular weight excluding hydrogens is 900 g/mol. The minimum Gasteiger partial charge on any atom is -0.387 e. The summed E-state index contributed by atoms with van der Waals surface area (Å²) in [5.41, 5.74) is 0. The van der Waals surface area contributed by atoms with E-state index in [1.807, 2.05) is 27.2 Å². The molecule has 0 aliphatic heterocycles. The van der Waals surface area contributed by atoms with Gasteiger partial charge in [-0.3, -0.25) is 13.8 Å².